The maximum absolute atomic E-state index is 10.1. The number of aliphatic hydroxyl groups is 1. The van der Waals surface area contributed by atoms with Crippen molar-refractivity contribution in [2.45, 2.75) is 12.1 Å². The summed E-state index contributed by atoms with van der Waals surface area (Å²) in [6.45, 7) is 1.37. The normalized spacial score (nSPS) is 22.0. The van der Waals surface area contributed by atoms with E-state index in [0.717, 1.165) is 29.0 Å². The van der Waals surface area contributed by atoms with Crippen LogP contribution < -0.4 is 5.32 Å². The molecular weight excluding hydrogens is 264 g/mol. The van der Waals surface area contributed by atoms with Gasteiger partial charge in [-0.25, -0.2) is 9.97 Å². The van der Waals surface area contributed by atoms with Crippen molar-refractivity contribution in [2.24, 2.45) is 0 Å². The summed E-state index contributed by atoms with van der Waals surface area (Å²) in [6, 6.07) is 12.1. The van der Waals surface area contributed by atoms with Crippen LogP contribution in [0.25, 0.3) is 22.4 Å². The predicted molar refractivity (Wildman–Crippen MR) is 80.9 cm³/mol. The van der Waals surface area contributed by atoms with Crippen molar-refractivity contribution in [3.8, 4) is 11.5 Å². The number of nitrogens with one attached hydrogen (secondary N) is 1. The molecule has 3 aromatic rings. The molecule has 21 heavy (non-hydrogen) atoms. The molecule has 1 aliphatic rings. The van der Waals surface area contributed by atoms with E-state index in [2.05, 4.69) is 21.4 Å². The highest BCUT2D eigenvalue weighted by Gasteiger charge is 2.28. The van der Waals surface area contributed by atoms with Gasteiger partial charge in [0.1, 0.15) is 5.69 Å². The van der Waals surface area contributed by atoms with Crippen LogP contribution in [0.3, 0.4) is 0 Å². The van der Waals surface area contributed by atoms with Gasteiger partial charge in [-0.1, -0.05) is 24.3 Å². The Balaban J connectivity index is 1.80. The maximum Gasteiger partial charge on any atom is 0.159 e. The Morgan fingerprint density at radius 3 is 2.90 bits per heavy atom. The molecule has 0 spiro atoms. The lowest BCUT2D eigenvalue weighted by Gasteiger charge is -2.17. The minimum absolute atomic E-state index is 0.00997. The number of aromatic nitrogens is 3. The number of aliphatic hydroxyl groups excluding tert-OH is 1. The topological polar surface area (TPSA) is 63.0 Å². The summed E-state index contributed by atoms with van der Waals surface area (Å²) in [5.74, 6) is 0.800. The lowest BCUT2D eigenvalue weighted by atomic mass is 10.2. The number of fused-ring (bicyclic) bond motifs is 1. The number of β-amino-alcohol motifs (C(OH)–C–C–N with tert-alkyl or cyclic N) is 1. The molecule has 2 atom stereocenters. The average Bonchev–Trinajstić information content (AvgIpc) is 3.15. The van der Waals surface area contributed by atoms with Crippen molar-refractivity contribution >= 4 is 10.9 Å². The Labute approximate surface area is 122 Å². The maximum atomic E-state index is 10.1. The van der Waals surface area contributed by atoms with Gasteiger partial charge in [0.2, 0.25) is 0 Å². The van der Waals surface area contributed by atoms with Crippen LogP contribution in [0.1, 0.15) is 6.04 Å². The van der Waals surface area contributed by atoms with E-state index in [0.29, 0.717) is 6.54 Å². The van der Waals surface area contributed by atoms with Gasteiger partial charge < -0.3 is 15.0 Å². The van der Waals surface area contributed by atoms with Gasteiger partial charge >= 0.3 is 0 Å². The van der Waals surface area contributed by atoms with Crippen molar-refractivity contribution in [3.63, 3.8) is 0 Å². The molecule has 0 bridgehead atoms. The molecule has 0 radical (unpaired) electrons. The van der Waals surface area contributed by atoms with E-state index in [4.69, 9.17) is 0 Å². The SMILES string of the molecule is O[C@H]1CNC[C@H]1n1ccnc1-c1ccc2ccccc2n1. The van der Waals surface area contributed by atoms with Crippen LogP contribution in [0.4, 0.5) is 0 Å². The van der Waals surface area contributed by atoms with Crippen molar-refractivity contribution in [3.05, 3.63) is 48.8 Å². The highest BCUT2D eigenvalue weighted by molar-refractivity contribution is 5.80. The highest BCUT2D eigenvalue weighted by Crippen LogP contribution is 2.25. The fourth-order valence-electron chi connectivity index (χ4n) is 2.90. The molecule has 5 nitrogen and oxygen atoms in total. The summed E-state index contributed by atoms with van der Waals surface area (Å²) >= 11 is 0. The molecule has 2 N–H and O–H groups in total. The van der Waals surface area contributed by atoms with Crippen LogP contribution >= 0.6 is 0 Å². The van der Waals surface area contributed by atoms with E-state index in [1.165, 1.54) is 0 Å². The zero-order valence-corrected chi connectivity index (χ0v) is 11.5. The van der Waals surface area contributed by atoms with E-state index < -0.39 is 6.10 Å². The minimum Gasteiger partial charge on any atom is -0.390 e. The summed E-state index contributed by atoms with van der Waals surface area (Å²) in [5, 5.41) is 14.4. The average molecular weight is 280 g/mol. The van der Waals surface area contributed by atoms with Gasteiger partial charge in [0.15, 0.2) is 5.82 Å². The molecule has 1 aromatic carbocycles. The molecule has 0 saturated carbocycles. The van der Waals surface area contributed by atoms with Crippen LogP contribution in [0.2, 0.25) is 0 Å². The molecule has 0 amide bonds. The van der Waals surface area contributed by atoms with Gasteiger partial charge in [0, 0.05) is 30.9 Å². The number of hydrogen-bond acceptors (Lipinski definition) is 4. The first kappa shape index (κ1) is 12.5. The smallest absolute Gasteiger partial charge is 0.159 e. The van der Waals surface area contributed by atoms with Gasteiger partial charge in [-0.05, 0) is 12.1 Å². The first-order valence-electron chi connectivity index (χ1n) is 7.11. The van der Waals surface area contributed by atoms with Crippen LogP contribution in [0, 0.1) is 0 Å². The van der Waals surface area contributed by atoms with Crippen molar-refractivity contribution in [2.75, 3.05) is 13.1 Å². The molecule has 0 unspecified atom stereocenters. The Bertz CT molecular complexity index is 783. The largest absolute Gasteiger partial charge is 0.390 e. The number of para-hydroxylation sites is 1. The van der Waals surface area contributed by atoms with Crippen molar-refractivity contribution < 1.29 is 5.11 Å². The van der Waals surface area contributed by atoms with E-state index in [1.54, 1.807) is 6.20 Å². The number of benzene rings is 1. The molecule has 4 rings (SSSR count). The van der Waals surface area contributed by atoms with Crippen LogP contribution in [0.15, 0.2) is 48.8 Å². The summed E-state index contributed by atoms with van der Waals surface area (Å²) in [7, 11) is 0. The van der Waals surface area contributed by atoms with Gasteiger partial charge in [-0.3, -0.25) is 0 Å². The minimum atomic E-state index is -0.390. The Hall–Kier alpha value is -2.24. The molecule has 2 aromatic heterocycles. The number of hydrogen-bond donors (Lipinski definition) is 2. The number of nitrogens with zero attached hydrogens (tertiary/aromatic N) is 3. The first-order valence-corrected chi connectivity index (χ1v) is 7.11. The first-order chi connectivity index (χ1) is 10.3. The monoisotopic (exact) mass is 280 g/mol. The Kier molecular flexibility index (Phi) is 2.94. The van der Waals surface area contributed by atoms with Gasteiger partial charge in [0.05, 0.1) is 17.7 Å². The zero-order valence-electron chi connectivity index (χ0n) is 11.5. The zero-order chi connectivity index (χ0) is 14.2. The van der Waals surface area contributed by atoms with Crippen molar-refractivity contribution in [1.82, 2.24) is 19.9 Å². The summed E-state index contributed by atoms with van der Waals surface area (Å²) < 4.78 is 2.02. The third-order valence-electron chi connectivity index (χ3n) is 4.00. The van der Waals surface area contributed by atoms with E-state index in [9.17, 15) is 5.11 Å². The van der Waals surface area contributed by atoms with E-state index >= 15 is 0 Å². The summed E-state index contributed by atoms with van der Waals surface area (Å²) in [4.78, 5) is 9.12. The van der Waals surface area contributed by atoms with Gasteiger partial charge in [0.25, 0.3) is 0 Å². The van der Waals surface area contributed by atoms with Gasteiger partial charge in [-0.2, -0.15) is 0 Å². The molecule has 3 heterocycles. The van der Waals surface area contributed by atoms with Crippen molar-refractivity contribution in [1.29, 1.82) is 0 Å². The fraction of sp³-hybridized carbons (Fsp3) is 0.250. The molecule has 5 heteroatoms. The number of rotatable bonds is 2. The Morgan fingerprint density at radius 2 is 2.05 bits per heavy atom. The molecule has 1 aliphatic heterocycles. The van der Waals surface area contributed by atoms with Crippen LogP contribution in [-0.2, 0) is 0 Å². The molecule has 106 valence electrons. The second-order valence-corrected chi connectivity index (χ2v) is 5.34. The molecule has 0 aliphatic carbocycles. The third-order valence-corrected chi connectivity index (χ3v) is 4.00. The number of pyridine rings is 1. The lowest BCUT2D eigenvalue weighted by molar-refractivity contribution is 0.151. The number of imidazole rings is 1. The van der Waals surface area contributed by atoms with E-state index in [1.807, 2.05) is 41.1 Å². The molecule has 1 fully saturated rings. The van der Waals surface area contributed by atoms with Gasteiger partial charge in [-0.15, -0.1) is 0 Å². The highest BCUT2D eigenvalue weighted by atomic mass is 16.3. The predicted octanol–water partition coefficient (Wildman–Crippen LogP) is 1.60. The fourth-order valence-corrected chi connectivity index (χ4v) is 2.90. The Morgan fingerprint density at radius 1 is 1.14 bits per heavy atom. The lowest BCUT2D eigenvalue weighted by Crippen LogP contribution is -2.22. The standard InChI is InChI=1S/C16H16N4O/c21-15-10-17-9-14(15)20-8-7-18-16(20)13-6-5-11-3-1-2-4-12(11)19-13/h1-8,14-15,17,21H,9-10H2/t14-,15+/m1/s1. The quantitative estimate of drug-likeness (QED) is 0.748. The second kappa shape index (κ2) is 4.95. The molecular formula is C16H16N4O. The third kappa shape index (κ3) is 2.11. The van der Waals surface area contributed by atoms with Crippen LogP contribution in [0.5, 0.6) is 0 Å². The van der Waals surface area contributed by atoms with E-state index in [-0.39, 0.29) is 6.04 Å². The summed E-state index contributed by atoms with van der Waals surface area (Å²) in [5.41, 5.74) is 1.78. The summed E-state index contributed by atoms with van der Waals surface area (Å²) in [6.07, 6.45) is 3.28. The van der Waals surface area contributed by atoms with Crippen LogP contribution in [-0.4, -0.2) is 38.8 Å². The second-order valence-electron chi connectivity index (χ2n) is 5.34. The molecule has 1 saturated heterocycles.